The number of hydrogen-bond donors (Lipinski definition) is 4. The van der Waals surface area contributed by atoms with Crippen LogP contribution in [0, 0.1) is 0 Å². The summed E-state index contributed by atoms with van der Waals surface area (Å²) in [5, 5.41) is 31.4. The lowest BCUT2D eigenvalue weighted by molar-refractivity contribution is 0.186. The SMILES string of the molecule is C=C(C)C.OCCCCO.OCCO. The Kier molecular flexibility index (Phi) is 31.4. The van der Waals surface area contributed by atoms with E-state index in [0.717, 1.165) is 12.8 Å². The first-order valence-electron chi connectivity index (χ1n) is 4.62. The molecular formula is C10H24O4. The molecule has 0 bridgehead atoms. The van der Waals surface area contributed by atoms with Crippen LogP contribution in [0.15, 0.2) is 12.2 Å². The minimum Gasteiger partial charge on any atom is -0.396 e. The van der Waals surface area contributed by atoms with Crippen LogP contribution >= 0.6 is 0 Å². The molecule has 0 atom stereocenters. The summed E-state index contributed by atoms with van der Waals surface area (Å²) in [7, 11) is 0. The third kappa shape index (κ3) is 101. The smallest absolute Gasteiger partial charge is 0.0662 e. The lowest BCUT2D eigenvalue weighted by Crippen LogP contribution is -1.85. The number of allylic oxidation sites excluding steroid dienone is 1. The third-order valence-electron chi connectivity index (χ3n) is 0.666. The summed E-state index contributed by atoms with van der Waals surface area (Å²) in [4.78, 5) is 0. The molecule has 0 amide bonds. The Morgan fingerprint density at radius 3 is 1.07 bits per heavy atom. The Bertz CT molecular complexity index is 84.1. The van der Waals surface area contributed by atoms with E-state index >= 15 is 0 Å². The Balaban J connectivity index is -0.000000135. The minimum absolute atomic E-state index is 0.125. The number of aliphatic hydroxyl groups is 4. The molecule has 0 unspecified atom stereocenters. The second-order valence-corrected chi connectivity index (χ2v) is 2.81. The summed E-state index contributed by atoms with van der Waals surface area (Å²) in [6, 6.07) is 0. The second-order valence-electron chi connectivity index (χ2n) is 2.81. The molecule has 4 N–H and O–H groups in total. The van der Waals surface area contributed by atoms with Crippen LogP contribution in [0.5, 0.6) is 0 Å². The van der Waals surface area contributed by atoms with Gasteiger partial charge in [0.25, 0.3) is 0 Å². The Morgan fingerprint density at radius 1 is 0.786 bits per heavy atom. The van der Waals surface area contributed by atoms with E-state index in [2.05, 4.69) is 6.58 Å². The molecule has 14 heavy (non-hydrogen) atoms. The number of aliphatic hydroxyl groups excluding tert-OH is 4. The normalized spacial score (nSPS) is 7.86. The van der Waals surface area contributed by atoms with Crippen LogP contribution in [0.25, 0.3) is 0 Å². The van der Waals surface area contributed by atoms with Gasteiger partial charge in [-0.2, -0.15) is 0 Å². The molecule has 0 aliphatic carbocycles. The van der Waals surface area contributed by atoms with E-state index in [-0.39, 0.29) is 26.4 Å². The van der Waals surface area contributed by atoms with Crippen molar-refractivity contribution in [1.29, 1.82) is 0 Å². The molecule has 4 nitrogen and oxygen atoms in total. The topological polar surface area (TPSA) is 80.9 Å². The van der Waals surface area contributed by atoms with Crippen LogP contribution in [0.4, 0.5) is 0 Å². The van der Waals surface area contributed by atoms with Gasteiger partial charge in [-0.1, -0.05) is 5.57 Å². The second kappa shape index (κ2) is 22.9. The van der Waals surface area contributed by atoms with E-state index in [1.54, 1.807) is 0 Å². The maximum atomic E-state index is 8.09. The largest absolute Gasteiger partial charge is 0.396 e. The standard InChI is InChI=1S/C4H10O2.C4H8.C2H6O2/c5-3-1-2-4-6;1-4(2)3;3-1-2-4/h5-6H,1-4H2;1H2,2-3H3;3-4H,1-2H2. The zero-order valence-corrected chi connectivity index (χ0v) is 9.24. The van der Waals surface area contributed by atoms with E-state index in [1.807, 2.05) is 13.8 Å². The quantitative estimate of drug-likeness (QED) is 0.396. The lowest BCUT2D eigenvalue weighted by atomic mass is 10.3. The van der Waals surface area contributed by atoms with E-state index in [9.17, 15) is 0 Å². The molecule has 0 spiro atoms. The maximum Gasteiger partial charge on any atom is 0.0662 e. The molecule has 0 heterocycles. The van der Waals surface area contributed by atoms with E-state index in [0.29, 0.717) is 0 Å². The fourth-order valence-corrected chi connectivity index (χ4v) is 0.224. The summed E-state index contributed by atoms with van der Waals surface area (Å²) in [6.07, 6.45) is 1.44. The molecule has 0 aromatic carbocycles. The average molecular weight is 208 g/mol. The highest BCUT2D eigenvalue weighted by Gasteiger charge is 1.77. The van der Waals surface area contributed by atoms with E-state index < -0.39 is 0 Å². The fraction of sp³-hybridized carbons (Fsp3) is 0.800. The highest BCUT2D eigenvalue weighted by Crippen LogP contribution is 1.80. The molecule has 0 saturated heterocycles. The first-order valence-corrected chi connectivity index (χ1v) is 4.62. The highest BCUT2D eigenvalue weighted by molar-refractivity contribution is 4.78. The van der Waals surface area contributed by atoms with Crippen molar-refractivity contribution in [2.45, 2.75) is 26.7 Å². The van der Waals surface area contributed by atoms with Crippen molar-refractivity contribution in [2.24, 2.45) is 0 Å². The van der Waals surface area contributed by atoms with Crippen LogP contribution in [0.2, 0.25) is 0 Å². The highest BCUT2D eigenvalue weighted by atomic mass is 16.3. The molecule has 0 saturated carbocycles. The molecule has 4 heteroatoms. The van der Waals surface area contributed by atoms with Gasteiger partial charge in [-0.25, -0.2) is 0 Å². The van der Waals surface area contributed by atoms with Crippen molar-refractivity contribution in [3.05, 3.63) is 12.2 Å². The van der Waals surface area contributed by atoms with Crippen LogP contribution in [-0.2, 0) is 0 Å². The maximum absolute atomic E-state index is 8.09. The van der Waals surface area contributed by atoms with Crippen molar-refractivity contribution in [1.82, 2.24) is 0 Å². The first kappa shape index (κ1) is 19.2. The summed E-state index contributed by atoms with van der Waals surface area (Å²) in [5.74, 6) is 0. The lowest BCUT2D eigenvalue weighted by Gasteiger charge is -1.85. The third-order valence-corrected chi connectivity index (χ3v) is 0.666. The number of hydrogen-bond acceptors (Lipinski definition) is 4. The van der Waals surface area contributed by atoms with Gasteiger partial charge in [0.2, 0.25) is 0 Å². The molecule has 0 fully saturated rings. The summed E-state index contributed by atoms with van der Waals surface area (Å²) in [5.41, 5.74) is 1.17. The predicted molar refractivity (Wildman–Crippen MR) is 58.1 cm³/mol. The Labute approximate surface area is 86.5 Å². The molecule has 0 radical (unpaired) electrons. The van der Waals surface area contributed by atoms with Crippen molar-refractivity contribution < 1.29 is 20.4 Å². The van der Waals surface area contributed by atoms with Crippen LogP contribution in [0.3, 0.4) is 0 Å². The monoisotopic (exact) mass is 208 g/mol. The molecule has 0 aromatic heterocycles. The predicted octanol–water partition coefficient (Wildman–Crippen LogP) is 0.305. The minimum atomic E-state index is -0.125. The van der Waals surface area contributed by atoms with Gasteiger partial charge in [0, 0.05) is 13.2 Å². The molecule has 0 rings (SSSR count). The van der Waals surface area contributed by atoms with Crippen molar-refractivity contribution in [3.8, 4) is 0 Å². The van der Waals surface area contributed by atoms with Gasteiger partial charge >= 0.3 is 0 Å². The van der Waals surface area contributed by atoms with Gasteiger partial charge in [0.1, 0.15) is 0 Å². The summed E-state index contributed by atoms with van der Waals surface area (Å²) in [6.45, 7) is 7.64. The fourth-order valence-electron chi connectivity index (χ4n) is 0.224. The number of unbranched alkanes of at least 4 members (excludes halogenated alkanes) is 1. The zero-order valence-electron chi connectivity index (χ0n) is 9.24. The molecule has 0 aliphatic rings. The summed E-state index contributed by atoms with van der Waals surface area (Å²) < 4.78 is 0. The van der Waals surface area contributed by atoms with Crippen LogP contribution in [-0.4, -0.2) is 46.9 Å². The van der Waals surface area contributed by atoms with Crippen LogP contribution < -0.4 is 0 Å². The van der Waals surface area contributed by atoms with Crippen molar-refractivity contribution in [3.63, 3.8) is 0 Å². The Hall–Kier alpha value is -0.420. The number of rotatable bonds is 4. The molecular weight excluding hydrogens is 184 g/mol. The van der Waals surface area contributed by atoms with Gasteiger partial charge in [-0.05, 0) is 26.7 Å². The van der Waals surface area contributed by atoms with E-state index in [1.165, 1.54) is 5.57 Å². The average Bonchev–Trinajstić information content (AvgIpc) is 2.14. The zero-order chi connectivity index (χ0) is 11.8. The summed E-state index contributed by atoms with van der Waals surface area (Å²) >= 11 is 0. The van der Waals surface area contributed by atoms with Gasteiger partial charge < -0.3 is 20.4 Å². The Morgan fingerprint density at radius 2 is 1.00 bits per heavy atom. The van der Waals surface area contributed by atoms with Gasteiger partial charge in [0.15, 0.2) is 0 Å². The van der Waals surface area contributed by atoms with Crippen molar-refractivity contribution in [2.75, 3.05) is 26.4 Å². The van der Waals surface area contributed by atoms with Gasteiger partial charge in [-0.15, -0.1) is 6.58 Å². The van der Waals surface area contributed by atoms with Crippen LogP contribution in [0.1, 0.15) is 26.7 Å². The van der Waals surface area contributed by atoms with Gasteiger partial charge in [-0.3, -0.25) is 0 Å². The molecule has 0 aliphatic heterocycles. The molecule has 88 valence electrons. The first-order chi connectivity index (χ1) is 6.56. The molecule has 0 aromatic rings. The van der Waals surface area contributed by atoms with E-state index in [4.69, 9.17) is 20.4 Å². The van der Waals surface area contributed by atoms with Crippen molar-refractivity contribution >= 4 is 0 Å². The van der Waals surface area contributed by atoms with Gasteiger partial charge in [0.05, 0.1) is 13.2 Å².